The fraction of sp³-hybridized carbons (Fsp3) is 0.917. The summed E-state index contributed by atoms with van der Waals surface area (Å²) in [5.41, 5.74) is 0. The average Bonchev–Trinajstić information content (AvgIpc) is 2.89. The summed E-state index contributed by atoms with van der Waals surface area (Å²) >= 11 is 0. The Balaban J connectivity index is 2.37. The third-order valence-corrected chi connectivity index (χ3v) is 2.94. The minimum Gasteiger partial charge on any atom is -0.465 e. The first kappa shape index (κ1) is 12.5. The van der Waals surface area contributed by atoms with E-state index in [1.54, 1.807) is 0 Å². The fourth-order valence-corrected chi connectivity index (χ4v) is 2.12. The SMILES string of the molecule is CCCCN1C(CCC)C1C(=O)OCC. The zero-order chi connectivity index (χ0) is 11.3. The van der Waals surface area contributed by atoms with Crippen LogP contribution < -0.4 is 0 Å². The molecule has 3 unspecified atom stereocenters. The summed E-state index contributed by atoms with van der Waals surface area (Å²) in [6.45, 7) is 7.75. The van der Waals surface area contributed by atoms with E-state index in [4.69, 9.17) is 4.74 Å². The van der Waals surface area contributed by atoms with E-state index >= 15 is 0 Å². The molecule has 1 rings (SSSR count). The Morgan fingerprint density at radius 3 is 2.53 bits per heavy atom. The predicted molar refractivity (Wildman–Crippen MR) is 60.7 cm³/mol. The topological polar surface area (TPSA) is 29.3 Å². The Morgan fingerprint density at radius 2 is 2.00 bits per heavy atom. The molecule has 1 fully saturated rings. The van der Waals surface area contributed by atoms with Gasteiger partial charge in [-0.3, -0.25) is 9.69 Å². The molecule has 15 heavy (non-hydrogen) atoms. The van der Waals surface area contributed by atoms with Crippen molar-refractivity contribution in [2.45, 2.75) is 58.5 Å². The number of ether oxygens (including phenoxy) is 1. The molecule has 0 amide bonds. The largest absolute Gasteiger partial charge is 0.465 e. The van der Waals surface area contributed by atoms with Gasteiger partial charge in [-0.05, 0) is 26.3 Å². The van der Waals surface area contributed by atoms with E-state index in [9.17, 15) is 4.79 Å². The van der Waals surface area contributed by atoms with Crippen LogP contribution in [0.2, 0.25) is 0 Å². The van der Waals surface area contributed by atoms with Gasteiger partial charge in [-0.2, -0.15) is 0 Å². The Kier molecular flexibility index (Phi) is 5.09. The van der Waals surface area contributed by atoms with Crippen LogP contribution in [0.5, 0.6) is 0 Å². The Morgan fingerprint density at radius 1 is 1.27 bits per heavy atom. The fourth-order valence-electron chi connectivity index (χ4n) is 2.12. The maximum absolute atomic E-state index is 11.6. The third-order valence-electron chi connectivity index (χ3n) is 2.94. The van der Waals surface area contributed by atoms with E-state index in [1.165, 1.54) is 12.8 Å². The van der Waals surface area contributed by atoms with Crippen molar-refractivity contribution in [2.24, 2.45) is 0 Å². The first-order chi connectivity index (χ1) is 7.26. The van der Waals surface area contributed by atoms with Gasteiger partial charge in [0.15, 0.2) is 0 Å². The lowest BCUT2D eigenvalue weighted by molar-refractivity contribution is -0.143. The molecule has 1 aliphatic heterocycles. The molecule has 3 heteroatoms. The van der Waals surface area contributed by atoms with Crippen LogP contribution in [0.25, 0.3) is 0 Å². The molecule has 3 atom stereocenters. The highest BCUT2D eigenvalue weighted by molar-refractivity contribution is 5.80. The standard InChI is InChI=1S/C12H23NO2/c1-4-7-9-13-10(8-5-2)11(13)12(14)15-6-3/h10-11H,4-9H2,1-3H3. The molecule has 1 heterocycles. The van der Waals surface area contributed by atoms with Crippen molar-refractivity contribution in [1.82, 2.24) is 4.90 Å². The van der Waals surface area contributed by atoms with Crippen LogP contribution in [0, 0.1) is 0 Å². The molecule has 0 radical (unpaired) electrons. The molecule has 3 nitrogen and oxygen atoms in total. The summed E-state index contributed by atoms with van der Waals surface area (Å²) in [6, 6.07) is 0.525. The number of rotatable bonds is 7. The summed E-state index contributed by atoms with van der Waals surface area (Å²) in [5.74, 6) is -0.0212. The molecule has 1 aliphatic rings. The molecule has 0 bridgehead atoms. The van der Waals surface area contributed by atoms with E-state index in [0.29, 0.717) is 12.6 Å². The number of unbranched alkanes of at least 4 members (excludes halogenated alkanes) is 1. The third kappa shape index (κ3) is 3.20. The van der Waals surface area contributed by atoms with Crippen molar-refractivity contribution >= 4 is 5.97 Å². The lowest BCUT2D eigenvalue weighted by Gasteiger charge is -2.02. The van der Waals surface area contributed by atoms with Crippen molar-refractivity contribution in [3.8, 4) is 0 Å². The predicted octanol–water partition coefficient (Wildman–Crippen LogP) is 2.20. The van der Waals surface area contributed by atoms with Crippen LogP contribution in [0.3, 0.4) is 0 Å². The summed E-state index contributed by atoms with van der Waals surface area (Å²) in [4.78, 5) is 13.9. The summed E-state index contributed by atoms with van der Waals surface area (Å²) in [5, 5.41) is 0. The van der Waals surface area contributed by atoms with E-state index in [2.05, 4.69) is 18.7 Å². The average molecular weight is 213 g/mol. The molecule has 0 spiro atoms. The zero-order valence-electron chi connectivity index (χ0n) is 10.2. The van der Waals surface area contributed by atoms with Crippen molar-refractivity contribution < 1.29 is 9.53 Å². The highest BCUT2D eigenvalue weighted by atomic mass is 16.5. The second-order valence-corrected chi connectivity index (χ2v) is 4.14. The number of esters is 1. The maximum Gasteiger partial charge on any atom is 0.324 e. The normalized spacial score (nSPS) is 28.9. The lowest BCUT2D eigenvalue weighted by Crippen LogP contribution is -2.17. The summed E-state index contributed by atoms with van der Waals surface area (Å²) < 4.78 is 5.07. The van der Waals surface area contributed by atoms with Crippen molar-refractivity contribution in [2.75, 3.05) is 13.2 Å². The van der Waals surface area contributed by atoms with E-state index in [0.717, 1.165) is 19.4 Å². The van der Waals surface area contributed by atoms with Crippen LogP contribution in [-0.2, 0) is 9.53 Å². The van der Waals surface area contributed by atoms with Gasteiger partial charge in [0.05, 0.1) is 6.61 Å². The molecule has 1 saturated heterocycles. The first-order valence-electron chi connectivity index (χ1n) is 6.18. The molecule has 0 N–H and O–H groups in total. The van der Waals surface area contributed by atoms with Crippen molar-refractivity contribution in [1.29, 1.82) is 0 Å². The van der Waals surface area contributed by atoms with Crippen molar-refractivity contribution in [3.63, 3.8) is 0 Å². The van der Waals surface area contributed by atoms with Gasteiger partial charge in [-0.25, -0.2) is 0 Å². The van der Waals surface area contributed by atoms with Crippen LogP contribution in [-0.4, -0.2) is 36.1 Å². The summed E-state index contributed by atoms with van der Waals surface area (Å²) in [6.07, 6.45) is 4.62. The molecule has 0 aromatic rings. The van der Waals surface area contributed by atoms with E-state index in [-0.39, 0.29) is 12.0 Å². The highest BCUT2D eigenvalue weighted by Crippen LogP contribution is 2.33. The minimum absolute atomic E-state index is 0.0212. The van der Waals surface area contributed by atoms with Gasteiger partial charge in [0.1, 0.15) is 6.04 Å². The second-order valence-electron chi connectivity index (χ2n) is 4.14. The highest BCUT2D eigenvalue weighted by Gasteiger charge is 2.51. The smallest absolute Gasteiger partial charge is 0.324 e. The van der Waals surface area contributed by atoms with Gasteiger partial charge in [0.2, 0.25) is 0 Å². The molecular weight excluding hydrogens is 190 g/mol. The van der Waals surface area contributed by atoms with Gasteiger partial charge >= 0.3 is 5.97 Å². The van der Waals surface area contributed by atoms with E-state index in [1.807, 2.05) is 6.92 Å². The first-order valence-corrected chi connectivity index (χ1v) is 6.18. The lowest BCUT2D eigenvalue weighted by atomic mass is 10.2. The number of hydrogen-bond acceptors (Lipinski definition) is 3. The van der Waals surface area contributed by atoms with Gasteiger partial charge in [0, 0.05) is 6.04 Å². The van der Waals surface area contributed by atoms with Crippen LogP contribution in [0.15, 0.2) is 0 Å². The van der Waals surface area contributed by atoms with Gasteiger partial charge in [-0.1, -0.05) is 26.7 Å². The number of nitrogens with zero attached hydrogens (tertiary/aromatic N) is 1. The summed E-state index contributed by atoms with van der Waals surface area (Å²) in [7, 11) is 0. The second kappa shape index (κ2) is 6.11. The monoisotopic (exact) mass is 213 g/mol. The molecule has 0 saturated carbocycles. The molecule has 0 aromatic carbocycles. The van der Waals surface area contributed by atoms with Gasteiger partial charge < -0.3 is 4.74 Å². The quantitative estimate of drug-likeness (QED) is 0.479. The molecule has 88 valence electrons. The molecule has 0 aliphatic carbocycles. The number of carbonyl (C=O) groups excluding carboxylic acids is 1. The Hall–Kier alpha value is -0.570. The maximum atomic E-state index is 11.6. The number of carbonyl (C=O) groups is 1. The number of hydrogen-bond donors (Lipinski definition) is 0. The Bertz CT molecular complexity index is 206. The molecular formula is C12H23NO2. The zero-order valence-corrected chi connectivity index (χ0v) is 10.2. The van der Waals surface area contributed by atoms with Gasteiger partial charge in [-0.15, -0.1) is 0 Å². The van der Waals surface area contributed by atoms with Crippen LogP contribution in [0.4, 0.5) is 0 Å². The Labute approximate surface area is 92.8 Å². The van der Waals surface area contributed by atoms with Crippen molar-refractivity contribution in [3.05, 3.63) is 0 Å². The van der Waals surface area contributed by atoms with Crippen LogP contribution >= 0.6 is 0 Å². The van der Waals surface area contributed by atoms with E-state index < -0.39 is 0 Å². The van der Waals surface area contributed by atoms with Gasteiger partial charge in [0.25, 0.3) is 0 Å². The van der Waals surface area contributed by atoms with Crippen LogP contribution in [0.1, 0.15) is 46.5 Å². The molecule has 0 aromatic heterocycles. The minimum atomic E-state index is -0.0212.